The Bertz CT molecular complexity index is 360. The lowest BCUT2D eigenvalue weighted by molar-refractivity contribution is -0.158. The van der Waals surface area contributed by atoms with Crippen LogP contribution in [0.15, 0.2) is 0 Å². The molecule has 0 aromatic heterocycles. The predicted molar refractivity (Wildman–Crippen MR) is 57.5 cm³/mol. The number of nitrogens with zero attached hydrogens (tertiary/aromatic N) is 2. The molecule has 1 fully saturated rings. The van der Waals surface area contributed by atoms with Gasteiger partial charge in [0.05, 0.1) is 6.54 Å². The third-order valence-corrected chi connectivity index (χ3v) is 2.18. The number of likely N-dealkylation sites (N-methyl/N-ethyl adjacent to an activating group) is 1. The average Bonchev–Trinajstić information content (AvgIpc) is 2.40. The molecule has 1 rings (SSSR count). The topological polar surface area (TPSA) is 87.2 Å². The van der Waals surface area contributed by atoms with Gasteiger partial charge in [0.1, 0.15) is 5.60 Å². The summed E-state index contributed by atoms with van der Waals surface area (Å²) in [5, 5.41) is 8.89. The van der Waals surface area contributed by atoms with Crippen LogP contribution >= 0.6 is 0 Å². The summed E-state index contributed by atoms with van der Waals surface area (Å²) in [7, 11) is 1.43. The molecule has 17 heavy (non-hydrogen) atoms. The summed E-state index contributed by atoms with van der Waals surface area (Å²) in [5.41, 5.74) is -0.717. The van der Waals surface area contributed by atoms with Crippen molar-refractivity contribution in [2.45, 2.75) is 32.4 Å². The molecule has 1 saturated heterocycles. The highest BCUT2D eigenvalue weighted by atomic mass is 16.6. The van der Waals surface area contributed by atoms with Gasteiger partial charge in [-0.2, -0.15) is 0 Å². The summed E-state index contributed by atoms with van der Waals surface area (Å²) < 4.78 is 5.08. The zero-order valence-corrected chi connectivity index (χ0v) is 10.3. The van der Waals surface area contributed by atoms with Crippen LogP contribution in [0.25, 0.3) is 0 Å². The first-order valence-electron chi connectivity index (χ1n) is 5.13. The van der Waals surface area contributed by atoms with E-state index in [1.54, 1.807) is 20.8 Å². The molecular weight excluding hydrogens is 228 g/mol. The van der Waals surface area contributed by atoms with Crippen molar-refractivity contribution >= 4 is 18.1 Å². The van der Waals surface area contributed by atoms with Crippen LogP contribution < -0.4 is 0 Å². The van der Waals surface area contributed by atoms with Crippen LogP contribution in [0.1, 0.15) is 20.8 Å². The molecule has 0 radical (unpaired) electrons. The van der Waals surface area contributed by atoms with E-state index in [4.69, 9.17) is 9.84 Å². The molecule has 0 spiro atoms. The molecule has 96 valence electrons. The van der Waals surface area contributed by atoms with Gasteiger partial charge in [0.2, 0.25) is 0 Å². The molecular formula is C10H16N2O5. The molecule has 7 nitrogen and oxygen atoms in total. The Balaban J connectivity index is 2.86. The Hall–Kier alpha value is -1.79. The van der Waals surface area contributed by atoms with Gasteiger partial charge in [-0.25, -0.2) is 19.3 Å². The van der Waals surface area contributed by atoms with Gasteiger partial charge in [-0.15, -0.1) is 0 Å². The van der Waals surface area contributed by atoms with Crippen LogP contribution in [0.4, 0.5) is 9.59 Å². The van der Waals surface area contributed by atoms with Crippen LogP contribution in [-0.2, 0) is 9.53 Å². The number of ether oxygens (including phenoxy) is 1. The van der Waals surface area contributed by atoms with Crippen molar-refractivity contribution in [3.05, 3.63) is 0 Å². The van der Waals surface area contributed by atoms with Gasteiger partial charge in [-0.1, -0.05) is 0 Å². The fourth-order valence-corrected chi connectivity index (χ4v) is 1.50. The highest BCUT2D eigenvalue weighted by molar-refractivity contribution is 5.98. The molecule has 7 heteroatoms. The number of esters is 1. The monoisotopic (exact) mass is 244 g/mol. The van der Waals surface area contributed by atoms with E-state index in [1.807, 2.05) is 0 Å². The Morgan fingerprint density at radius 3 is 2.35 bits per heavy atom. The minimum absolute atomic E-state index is 0.0139. The van der Waals surface area contributed by atoms with Gasteiger partial charge >= 0.3 is 18.1 Å². The first kappa shape index (κ1) is 13.3. The molecule has 0 aromatic carbocycles. The molecule has 1 atom stereocenters. The number of hydrogen-bond donors (Lipinski definition) is 1. The summed E-state index contributed by atoms with van der Waals surface area (Å²) in [6, 6.07) is -1.81. The van der Waals surface area contributed by atoms with Crippen molar-refractivity contribution in [1.82, 2.24) is 9.80 Å². The summed E-state index contributed by atoms with van der Waals surface area (Å²) in [6.07, 6.45) is -1.45. The summed E-state index contributed by atoms with van der Waals surface area (Å²) in [4.78, 5) is 35.8. The second-order valence-electron chi connectivity index (χ2n) is 4.86. The Labute approximate surface area is 98.9 Å². The molecule has 1 aliphatic heterocycles. The molecule has 0 aliphatic carbocycles. The highest BCUT2D eigenvalue weighted by Gasteiger charge is 2.45. The molecule has 3 amide bonds. The Kier molecular flexibility index (Phi) is 3.30. The number of rotatable bonds is 1. The van der Waals surface area contributed by atoms with E-state index >= 15 is 0 Å². The van der Waals surface area contributed by atoms with E-state index in [1.165, 1.54) is 11.9 Å². The third-order valence-electron chi connectivity index (χ3n) is 2.18. The van der Waals surface area contributed by atoms with E-state index in [2.05, 4.69) is 0 Å². The van der Waals surface area contributed by atoms with Crippen LogP contribution in [0, 0.1) is 0 Å². The summed E-state index contributed by atoms with van der Waals surface area (Å²) in [5.74, 6) is -0.711. The number of carbonyl (C=O) groups excluding carboxylic acids is 2. The van der Waals surface area contributed by atoms with Crippen molar-refractivity contribution in [2.24, 2.45) is 0 Å². The van der Waals surface area contributed by atoms with Crippen LogP contribution in [0.5, 0.6) is 0 Å². The smallest absolute Gasteiger partial charge is 0.416 e. The van der Waals surface area contributed by atoms with Crippen molar-refractivity contribution in [1.29, 1.82) is 0 Å². The van der Waals surface area contributed by atoms with Crippen molar-refractivity contribution in [2.75, 3.05) is 13.6 Å². The quantitative estimate of drug-likeness (QED) is 0.687. The second kappa shape index (κ2) is 4.23. The first-order chi connectivity index (χ1) is 7.63. The van der Waals surface area contributed by atoms with E-state index in [9.17, 15) is 14.4 Å². The molecule has 1 heterocycles. The van der Waals surface area contributed by atoms with Gasteiger partial charge in [-0.3, -0.25) is 0 Å². The molecule has 0 saturated carbocycles. The van der Waals surface area contributed by atoms with E-state index in [0.717, 1.165) is 0 Å². The Morgan fingerprint density at radius 1 is 1.41 bits per heavy atom. The predicted octanol–water partition coefficient (Wildman–Crippen LogP) is 0.742. The van der Waals surface area contributed by atoms with E-state index in [-0.39, 0.29) is 6.54 Å². The standard InChI is InChI=1S/C10H16N2O5/c1-10(2,3)17-7(13)6-5-11(4)8(14)12(6)9(15)16/h6H,5H2,1-4H3,(H,15,16). The lowest BCUT2D eigenvalue weighted by atomic mass is 10.2. The lowest BCUT2D eigenvalue weighted by Crippen LogP contribution is -2.45. The van der Waals surface area contributed by atoms with Crippen molar-refractivity contribution in [3.63, 3.8) is 0 Å². The molecule has 0 aromatic rings. The lowest BCUT2D eigenvalue weighted by Gasteiger charge is -2.23. The number of urea groups is 1. The largest absolute Gasteiger partial charge is 0.465 e. The number of hydrogen-bond acceptors (Lipinski definition) is 4. The number of imide groups is 1. The van der Waals surface area contributed by atoms with Gasteiger partial charge in [-0.05, 0) is 20.8 Å². The van der Waals surface area contributed by atoms with Crippen molar-refractivity contribution in [3.8, 4) is 0 Å². The molecule has 1 unspecified atom stereocenters. The minimum Gasteiger partial charge on any atom is -0.465 e. The molecule has 1 N–H and O–H groups in total. The third kappa shape index (κ3) is 2.86. The number of amides is 3. The SMILES string of the molecule is CN1CC(C(=O)OC(C)(C)C)N(C(=O)O)C1=O. The summed E-state index contributed by atoms with van der Waals surface area (Å²) in [6.45, 7) is 5.05. The fourth-order valence-electron chi connectivity index (χ4n) is 1.50. The average molecular weight is 244 g/mol. The normalized spacial score (nSPS) is 20.7. The number of carboxylic acid groups (broad SMARTS) is 1. The van der Waals surface area contributed by atoms with E-state index < -0.39 is 29.7 Å². The molecule has 0 bridgehead atoms. The van der Waals surface area contributed by atoms with Crippen molar-refractivity contribution < 1.29 is 24.2 Å². The first-order valence-corrected chi connectivity index (χ1v) is 5.13. The molecule has 1 aliphatic rings. The van der Waals surface area contributed by atoms with Gasteiger partial charge < -0.3 is 14.7 Å². The van der Waals surface area contributed by atoms with Gasteiger partial charge in [0.25, 0.3) is 0 Å². The second-order valence-corrected chi connectivity index (χ2v) is 4.86. The van der Waals surface area contributed by atoms with Gasteiger partial charge in [0.15, 0.2) is 6.04 Å². The zero-order valence-electron chi connectivity index (χ0n) is 10.3. The van der Waals surface area contributed by atoms with Crippen LogP contribution in [0.2, 0.25) is 0 Å². The zero-order chi connectivity index (χ0) is 13.4. The maximum absolute atomic E-state index is 11.8. The fraction of sp³-hybridized carbons (Fsp3) is 0.700. The summed E-state index contributed by atoms with van der Waals surface area (Å²) >= 11 is 0. The highest BCUT2D eigenvalue weighted by Crippen LogP contribution is 2.18. The minimum atomic E-state index is -1.45. The van der Waals surface area contributed by atoms with Gasteiger partial charge in [0, 0.05) is 7.05 Å². The van der Waals surface area contributed by atoms with Crippen LogP contribution in [0.3, 0.4) is 0 Å². The Morgan fingerprint density at radius 2 is 1.94 bits per heavy atom. The maximum Gasteiger partial charge on any atom is 0.416 e. The maximum atomic E-state index is 11.8. The van der Waals surface area contributed by atoms with Crippen LogP contribution in [-0.4, -0.2) is 58.2 Å². The van der Waals surface area contributed by atoms with E-state index in [0.29, 0.717) is 4.90 Å². The number of carbonyl (C=O) groups is 3.